The van der Waals surface area contributed by atoms with Crippen molar-refractivity contribution in [1.29, 1.82) is 0 Å². The quantitative estimate of drug-likeness (QED) is 0.608. The first-order chi connectivity index (χ1) is 8.13. The minimum absolute atomic E-state index is 0.136. The van der Waals surface area contributed by atoms with Gasteiger partial charge in [0.15, 0.2) is 0 Å². The van der Waals surface area contributed by atoms with Crippen molar-refractivity contribution in [3.05, 3.63) is 0 Å². The SMILES string of the molecule is CC(C)CNCC1CCCCN1CC(O)CO. The van der Waals surface area contributed by atoms with E-state index in [4.69, 9.17) is 5.11 Å². The lowest BCUT2D eigenvalue weighted by Crippen LogP contribution is -2.49. The molecule has 0 spiro atoms. The van der Waals surface area contributed by atoms with Gasteiger partial charge < -0.3 is 15.5 Å². The minimum atomic E-state index is -0.597. The third kappa shape index (κ3) is 5.82. The molecule has 1 saturated heterocycles. The van der Waals surface area contributed by atoms with E-state index in [1.54, 1.807) is 0 Å². The molecule has 1 rings (SSSR count). The van der Waals surface area contributed by atoms with Crippen molar-refractivity contribution >= 4 is 0 Å². The summed E-state index contributed by atoms with van der Waals surface area (Å²) < 4.78 is 0. The van der Waals surface area contributed by atoms with Crippen LogP contribution in [0.4, 0.5) is 0 Å². The predicted octanol–water partition coefficient (Wildman–Crippen LogP) is 0.440. The van der Waals surface area contributed by atoms with Crippen LogP contribution in [0.1, 0.15) is 33.1 Å². The molecule has 0 aliphatic carbocycles. The van der Waals surface area contributed by atoms with Crippen LogP contribution in [0.2, 0.25) is 0 Å². The van der Waals surface area contributed by atoms with Gasteiger partial charge in [0.1, 0.15) is 0 Å². The summed E-state index contributed by atoms with van der Waals surface area (Å²) in [4.78, 5) is 2.32. The summed E-state index contributed by atoms with van der Waals surface area (Å²) in [5.41, 5.74) is 0. The summed E-state index contributed by atoms with van der Waals surface area (Å²) in [6, 6.07) is 0.517. The Morgan fingerprint density at radius 1 is 1.35 bits per heavy atom. The van der Waals surface area contributed by atoms with Gasteiger partial charge >= 0.3 is 0 Å². The average Bonchev–Trinajstić information content (AvgIpc) is 2.30. The van der Waals surface area contributed by atoms with E-state index in [2.05, 4.69) is 24.1 Å². The monoisotopic (exact) mass is 244 g/mol. The van der Waals surface area contributed by atoms with E-state index in [1.165, 1.54) is 19.3 Å². The van der Waals surface area contributed by atoms with Crippen molar-refractivity contribution in [2.45, 2.75) is 45.3 Å². The molecule has 0 amide bonds. The van der Waals surface area contributed by atoms with Crippen LogP contribution in [0.5, 0.6) is 0 Å². The molecular weight excluding hydrogens is 216 g/mol. The Kier molecular flexibility index (Phi) is 7.04. The third-order valence-corrected chi connectivity index (χ3v) is 3.34. The number of nitrogens with zero attached hydrogens (tertiary/aromatic N) is 1. The zero-order chi connectivity index (χ0) is 12.7. The first-order valence-electron chi connectivity index (χ1n) is 6.87. The molecule has 4 nitrogen and oxygen atoms in total. The van der Waals surface area contributed by atoms with Gasteiger partial charge in [-0.05, 0) is 31.8 Å². The third-order valence-electron chi connectivity index (χ3n) is 3.34. The maximum Gasteiger partial charge on any atom is 0.0897 e. The van der Waals surface area contributed by atoms with Gasteiger partial charge in [0.25, 0.3) is 0 Å². The second-order valence-electron chi connectivity index (χ2n) is 5.53. The normalized spacial score (nSPS) is 24.2. The lowest BCUT2D eigenvalue weighted by atomic mass is 10.0. The van der Waals surface area contributed by atoms with Crippen molar-refractivity contribution in [2.75, 3.05) is 32.8 Å². The Hall–Kier alpha value is -0.160. The van der Waals surface area contributed by atoms with E-state index in [0.29, 0.717) is 18.5 Å². The Morgan fingerprint density at radius 3 is 2.76 bits per heavy atom. The van der Waals surface area contributed by atoms with E-state index in [-0.39, 0.29) is 6.61 Å². The molecule has 1 aliphatic heterocycles. The lowest BCUT2D eigenvalue weighted by Gasteiger charge is -2.37. The van der Waals surface area contributed by atoms with Crippen molar-refractivity contribution in [2.24, 2.45) is 5.92 Å². The molecule has 3 N–H and O–H groups in total. The van der Waals surface area contributed by atoms with Crippen LogP contribution < -0.4 is 5.32 Å². The Labute approximate surface area is 105 Å². The number of nitrogens with one attached hydrogen (secondary N) is 1. The molecule has 102 valence electrons. The van der Waals surface area contributed by atoms with Gasteiger partial charge in [-0.1, -0.05) is 20.3 Å². The highest BCUT2D eigenvalue weighted by Crippen LogP contribution is 2.16. The van der Waals surface area contributed by atoms with Crippen molar-refractivity contribution in [3.8, 4) is 0 Å². The van der Waals surface area contributed by atoms with Crippen molar-refractivity contribution < 1.29 is 10.2 Å². The molecule has 4 heteroatoms. The van der Waals surface area contributed by atoms with Crippen LogP contribution in [0.3, 0.4) is 0 Å². The maximum atomic E-state index is 9.53. The van der Waals surface area contributed by atoms with Crippen LogP contribution in [0.25, 0.3) is 0 Å². The molecular formula is C13H28N2O2. The zero-order valence-corrected chi connectivity index (χ0v) is 11.2. The van der Waals surface area contributed by atoms with Gasteiger partial charge in [-0.2, -0.15) is 0 Å². The predicted molar refractivity (Wildman–Crippen MR) is 70.0 cm³/mol. The number of aliphatic hydroxyl groups excluding tert-OH is 2. The number of aliphatic hydroxyl groups is 2. The number of likely N-dealkylation sites (tertiary alicyclic amines) is 1. The molecule has 0 aromatic heterocycles. The van der Waals surface area contributed by atoms with Crippen molar-refractivity contribution in [1.82, 2.24) is 10.2 Å². The number of hydrogen-bond donors (Lipinski definition) is 3. The van der Waals surface area contributed by atoms with E-state index < -0.39 is 6.10 Å². The first-order valence-corrected chi connectivity index (χ1v) is 6.87. The summed E-state index contributed by atoms with van der Waals surface area (Å²) >= 11 is 0. The molecule has 0 saturated carbocycles. The molecule has 2 atom stereocenters. The van der Waals surface area contributed by atoms with E-state index >= 15 is 0 Å². The van der Waals surface area contributed by atoms with Crippen LogP contribution >= 0.6 is 0 Å². The molecule has 0 aromatic rings. The Morgan fingerprint density at radius 2 is 2.12 bits per heavy atom. The van der Waals surface area contributed by atoms with Gasteiger partial charge in [-0.3, -0.25) is 4.90 Å². The molecule has 2 unspecified atom stereocenters. The topological polar surface area (TPSA) is 55.7 Å². The fourth-order valence-electron chi connectivity index (χ4n) is 2.40. The highest BCUT2D eigenvalue weighted by atomic mass is 16.3. The molecule has 1 heterocycles. The average molecular weight is 244 g/mol. The van der Waals surface area contributed by atoms with E-state index in [0.717, 1.165) is 19.6 Å². The number of hydrogen-bond acceptors (Lipinski definition) is 4. The Bertz CT molecular complexity index is 200. The van der Waals surface area contributed by atoms with Gasteiger partial charge in [0.05, 0.1) is 12.7 Å². The van der Waals surface area contributed by atoms with Crippen LogP contribution in [-0.4, -0.2) is 60.0 Å². The highest BCUT2D eigenvalue weighted by molar-refractivity contribution is 4.80. The van der Waals surface area contributed by atoms with E-state index in [1.807, 2.05) is 0 Å². The van der Waals surface area contributed by atoms with Crippen molar-refractivity contribution in [3.63, 3.8) is 0 Å². The highest BCUT2D eigenvalue weighted by Gasteiger charge is 2.23. The second-order valence-corrected chi connectivity index (χ2v) is 5.53. The van der Waals surface area contributed by atoms with E-state index in [9.17, 15) is 5.11 Å². The fourth-order valence-corrected chi connectivity index (χ4v) is 2.40. The number of β-amino-alcohol motifs (C(OH)–C–C–N with tert-alkyl or cyclic N) is 1. The van der Waals surface area contributed by atoms with Crippen LogP contribution in [0.15, 0.2) is 0 Å². The van der Waals surface area contributed by atoms with Gasteiger partial charge in [-0.15, -0.1) is 0 Å². The number of rotatable bonds is 7. The molecule has 0 bridgehead atoms. The fraction of sp³-hybridized carbons (Fsp3) is 1.00. The zero-order valence-electron chi connectivity index (χ0n) is 11.2. The molecule has 0 radical (unpaired) electrons. The molecule has 1 fully saturated rings. The number of piperidine rings is 1. The summed E-state index contributed by atoms with van der Waals surface area (Å²) in [6.45, 7) is 7.98. The molecule has 17 heavy (non-hydrogen) atoms. The second kappa shape index (κ2) is 8.03. The Balaban J connectivity index is 2.31. The lowest BCUT2D eigenvalue weighted by molar-refractivity contribution is 0.0331. The van der Waals surface area contributed by atoms with Crippen LogP contribution in [0, 0.1) is 5.92 Å². The molecule has 0 aromatic carbocycles. The smallest absolute Gasteiger partial charge is 0.0897 e. The van der Waals surface area contributed by atoms with Gasteiger partial charge in [0, 0.05) is 19.1 Å². The summed E-state index contributed by atoms with van der Waals surface area (Å²) in [5.74, 6) is 0.676. The van der Waals surface area contributed by atoms with Gasteiger partial charge in [-0.25, -0.2) is 0 Å². The van der Waals surface area contributed by atoms with Gasteiger partial charge in [0.2, 0.25) is 0 Å². The maximum absolute atomic E-state index is 9.53. The minimum Gasteiger partial charge on any atom is -0.394 e. The summed E-state index contributed by atoms with van der Waals surface area (Å²) in [6.07, 6.45) is 3.09. The summed E-state index contributed by atoms with van der Waals surface area (Å²) in [5, 5.41) is 21.9. The molecule has 1 aliphatic rings. The largest absolute Gasteiger partial charge is 0.394 e. The first kappa shape index (κ1) is 14.9. The summed E-state index contributed by atoms with van der Waals surface area (Å²) in [7, 11) is 0. The van der Waals surface area contributed by atoms with Crippen LogP contribution in [-0.2, 0) is 0 Å². The standard InChI is InChI=1S/C13H28N2O2/c1-11(2)7-14-8-12-5-3-4-6-15(12)9-13(17)10-16/h11-14,16-17H,3-10H2,1-2H3.